The molecule has 0 radical (unpaired) electrons. The Bertz CT molecular complexity index is 815. The molecule has 1 aromatic heterocycles. The van der Waals surface area contributed by atoms with Gasteiger partial charge in [0.1, 0.15) is 12.4 Å². The molecule has 3 heterocycles. The van der Waals surface area contributed by atoms with Gasteiger partial charge < -0.3 is 23.8 Å². The van der Waals surface area contributed by atoms with Crippen LogP contribution in [0.4, 0.5) is 0 Å². The number of hydrogen-bond acceptors (Lipinski definition) is 6. The van der Waals surface area contributed by atoms with Gasteiger partial charge in [0, 0.05) is 25.1 Å². The first-order chi connectivity index (χ1) is 12.5. The highest BCUT2D eigenvalue weighted by molar-refractivity contribution is 5.92. The predicted molar refractivity (Wildman–Crippen MR) is 91.4 cm³/mol. The van der Waals surface area contributed by atoms with E-state index in [0.29, 0.717) is 42.7 Å². The lowest BCUT2D eigenvalue weighted by molar-refractivity contribution is -0.109. The van der Waals surface area contributed by atoms with Gasteiger partial charge in [-0.25, -0.2) is 0 Å². The SMILES string of the molecule is CN(CC1(C)COC1)C(=O)c1cc(COc2ccc3c(c2)OCO3)[nH]n1. The van der Waals surface area contributed by atoms with Crippen LogP contribution in [0.2, 0.25) is 0 Å². The number of nitrogens with zero attached hydrogens (tertiary/aromatic N) is 2. The van der Waals surface area contributed by atoms with Crippen molar-refractivity contribution in [3.05, 3.63) is 35.7 Å². The average molecular weight is 359 g/mol. The molecule has 1 N–H and O–H groups in total. The minimum atomic E-state index is -0.122. The number of nitrogens with one attached hydrogen (secondary N) is 1. The number of carbonyl (C=O) groups excluding carboxylic acids is 1. The summed E-state index contributed by atoms with van der Waals surface area (Å²) in [5.41, 5.74) is 1.13. The second-order valence-electron chi connectivity index (χ2n) is 7.05. The Morgan fingerprint density at radius 2 is 2.12 bits per heavy atom. The smallest absolute Gasteiger partial charge is 0.274 e. The standard InChI is InChI=1S/C18H21N3O5/c1-18(9-23-10-18)8-21(2)17(22)14-5-12(19-20-14)7-24-13-3-4-15-16(6-13)26-11-25-15/h3-6H,7-11H2,1-2H3,(H,19,20). The van der Waals surface area contributed by atoms with E-state index < -0.39 is 0 Å². The third-order valence-electron chi connectivity index (χ3n) is 4.46. The molecule has 8 nitrogen and oxygen atoms in total. The van der Waals surface area contributed by atoms with Crippen molar-refractivity contribution >= 4 is 5.91 Å². The summed E-state index contributed by atoms with van der Waals surface area (Å²) in [6.07, 6.45) is 0. The fourth-order valence-electron chi connectivity index (χ4n) is 3.05. The molecule has 1 aromatic carbocycles. The molecule has 1 amide bonds. The first-order valence-corrected chi connectivity index (χ1v) is 8.42. The zero-order valence-corrected chi connectivity index (χ0v) is 14.8. The molecule has 1 fully saturated rings. The quantitative estimate of drug-likeness (QED) is 0.847. The van der Waals surface area contributed by atoms with E-state index in [4.69, 9.17) is 18.9 Å². The predicted octanol–water partition coefficient (Wildman–Crippen LogP) is 1.83. The largest absolute Gasteiger partial charge is 0.487 e. The summed E-state index contributed by atoms with van der Waals surface area (Å²) in [6, 6.07) is 7.11. The van der Waals surface area contributed by atoms with Gasteiger partial charge in [0.25, 0.3) is 5.91 Å². The van der Waals surface area contributed by atoms with Gasteiger partial charge in [0.05, 0.1) is 18.9 Å². The average Bonchev–Trinajstić information content (AvgIpc) is 3.26. The van der Waals surface area contributed by atoms with Gasteiger partial charge in [-0.15, -0.1) is 0 Å². The normalized spacial score (nSPS) is 16.8. The number of rotatable bonds is 6. The summed E-state index contributed by atoms with van der Waals surface area (Å²) in [5, 5.41) is 6.96. The molecule has 0 aliphatic carbocycles. The second-order valence-corrected chi connectivity index (χ2v) is 7.05. The Morgan fingerprint density at radius 1 is 1.31 bits per heavy atom. The van der Waals surface area contributed by atoms with Crippen LogP contribution in [0.15, 0.2) is 24.3 Å². The van der Waals surface area contributed by atoms with Crippen molar-refractivity contribution in [3.63, 3.8) is 0 Å². The molecular formula is C18H21N3O5. The summed E-state index contributed by atoms with van der Waals surface area (Å²) in [4.78, 5) is 14.2. The number of benzene rings is 1. The summed E-state index contributed by atoms with van der Waals surface area (Å²) in [6.45, 7) is 4.61. The van der Waals surface area contributed by atoms with E-state index >= 15 is 0 Å². The lowest BCUT2D eigenvalue weighted by atomic mass is 9.88. The summed E-state index contributed by atoms with van der Waals surface area (Å²) >= 11 is 0. The third kappa shape index (κ3) is 3.32. The first-order valence-electron chi connectivity index (χ1n) is 8.42. The van der Waals surface area contributed by atoms with Gasteiger partial charge in [0.2, 0.25) is 6.79 Å². The Labute approximate surface area is 151 Å². The summed E-state index contributed by atoms with van der Waals surface area (Å²) in [7, 11) is 1.78. The first kappa shape index (κ1) is 16.7. The van der Waals surface area contributed by atoms with E-state index in [1.54, 1.807) is 30.1 Å². The van der Waals surface area contributed by atoms with Crippen molar-refractivity contribution in [2.75, 3.05) is 33.6 Å². The van der Waals surface area contributed by atoms with Gasteiger partial charge in [-0.05, 0) is 18.2 Å². The van der Waals surface area contributed by atoms with Crippen molar-refractivity contribution in [3.8, 4) is 17.2 Å². The van der Waals surface area contributed by atoms with Crippen LogP contribution >= 0.6 is 0 Å². The minimum absolute atomic E-state index is 0.0337. The van der Waals surface area contributed by atoms with Crippen LogP contribution in [0.1, 0.15) is 23.1 Å². The van der Waals surface area contributed by atoms with Crippen molar-refractivity contribution in [2.45, 2.75) is 13.5 Å². The van der Waals surface area contributed by atoms with Crippen molar-refractivity contribution in [1.29, 1.82) is 0 Å². The zero-order valence-electron chi connectivity index (χ0n) is 14.8. The van der Waals surface area contributed by atoms with Crippen LogP contribution in [0, 0.1) is 5.41 Å². The maximum Gasteiger partial charge on any atom is 0.274 e. The van der Waals surface area contributed by atoms with Crippen LogP contribution < -0.4 is 14.2 Å². The fourth-order valence-corrected chi connectivity index (χ4v) is 3.05. The highest BCUT2D eigenvalue weighted by Crippen LogP contribution is 2.35. The molecule has 2 aliphatic heterocycles. The van der Waals surface area contributed by atoms with E-state index in [1.165, 1.54) is 0 Å². The molecule has 0 atom stereocenters. The van der Waals surface area contributed by atoms with E-state index in [1.807, 2.05) is 6.07 Å². The molecule has 2 aliphatic rings. The number of aromatic amines is 1. The van der Waals surface area contributed by atoms with Crippen LogP contribution in [-0.4, -0.2) is 54.6 Å². The molecular weight excluding hydrogens is 338 g/mol. The Morgan fingerprint density at radius 3 is 2.88 bits per heavy atom. The van der Waals surface area contributed by atoms with E-state index in [2.05, 4.69) is 17.1 Å². The molecule has 1 saturated heterocycles. The number of amides is 1. The van der Waals surface area contributed by atoms with Gasteiger partial charge in [-0.2, -0.15) is 5.10 Å². The summed E-state index contributed by atoms with van der Waals surface area (Å²) < 4.78 is 21.6. The zero-order chi connectivity index (χ0) is 18.1. The number of ether oxygens (including phenoxy) is 4. The lowest BCUT2D eigenvalue weighted by Gasteiger charge is -2.40. The van der Waals surface area contributed by atoms with Crippen LogP contribution in [0.25, 0.3) is 0 Å². The molecule has 0 spiro atoms. The third-order valence-corrected chi connectivity index (χ3v) is 4.46. The molecule has 138 valence electrons. The Kier molecular flexibility index (Phi) is 4.20. The van der Waals surface area contributed by atoms with Crippen molar-refractivity contribution < 1.29 is 23.7 Å². The van der Waals surface area contributed by atoms with Gasteiger partial charge in [0.15, 0.2) is 17.2 Å². The number of H-pyrrole nitrogens is 1. The summed E-state index contributed by atoms with van der Waals surface area (Å²) in [5.74, 6) is 1.91. The number of aromatic nitrogens is 2. The second kappa shape index (κ2) is 6.53. The van der Waals surface area contributed by atoms with Crippen LogP contribution in [0.5, 0.6) is 17.2 Å². The maximum absolute atomic E-state index is 12.5. The lowest BCUT2D eigenvalue weighted by Crippen LogP contribution is -2.49. The van der Waals surface area contributed by atoms with Crippen molar-refractivity contribution in [2.24, 2.45) is 5.41 Å². The van der Waals surface area contributed by atoms with E-state index in [-0.39, 0.29) is 24.7 Å². The minimum Gasteiger partial charge on any atom is -0.487 e. The fraction of sp³-hybridized carbons (Fsp3) is 0.444. The van der Waals surface area contributed by atoms with Crippen molar-refractivity contribution in [1.82, 2.24) is 15.1 Å². The Hall–Kier alpha value is -2.74. The van der Waals surface area contributed by atoms with E-state index in [0.717, 1.165) is 5.69 Å². The number of fused-ring (bicyclic) bond motifs is 1. The van der Waals surface area contributed by atoms with Crippen LogP contribution in [0.3, 0.4) is 0 Å². The number of carbonyl (C=O) groups is 1. The van der Waals surface area contributed by atoms with Gasteiger partial charge in [-0.3, -0.25) is 9.89 Å². The van der Waals surface area contributed by atoms with E-state index in [9.17, 15) is 4.79 Å². The molecule has 0 bridgehead atoms. The highest BCUT2D eigenvalue weighted by atomic mass is 16.7. The maximum atomic E-state index is 12.5. The molecule has 0 unspecified atom stereocenters. The molecule has 4 rings (SSSR count). The molecule has 0 saturated carbocycles. The molecule has 26 heavy (non-hydrogen) atoms. The van der Waals surface area contributed by atoms with Gasteiger partial charge in [-0.1, -0.05) is 6.92 Å². The molecule has 2 aromatic rings. The topological polar surface area (TPSA) is 85.9 Å². The van der Waals surface area contributed by atoms with Gasteiger partial charge >= 0.3 is 0 Å². The monoisotopic (exact) mass is 359 g/mol. The van der Waals surface area contributed by atoms with Crippen LogP contribution in [-0.2, 0) is 11.3 Å². The number of hydrogen-bond donors (Lipinski definition) is 1. The molecule has 8 heteroatoms. The highest BCUT2D eigenvalue weighted by Gasteiger charge is 2.36. The Balaban J connectivity index is 1.34.